The molecule has 3 aromatic rings. The van der Waals surface area contributed by atoms with Crippen LogP contribution in [0.15, 0.2) is 53.0 Å². The summed E-state index contributed by atoms with van der Waals surface area (Å²) in [6.45, 7) is 6.14. The van der Waals surface area contributed by atoms with Gasteiger partial charge in [0.2, 0.25) is 5.91 Å². The fourth-order valence-corrected chi connectivity index (χ4v) is 4.92. The van der Waals surface area contributed by atoms with Gasteiger partial charge in [0.05, 0.1) is 12.2 Å². The number of hydrogen-bond donors (Lipinski definition) is 0. The zero-order chi connectivity index (χ0) is 26.5. The van der Waals surface area contributed by atoms with Gasteiger partial charge < -0.3 is 14.5 Å². The van der Waals surface area contributed by atoms with Gasteiger partial charge in [-0.2, -0.15) is 5.10 Å². The maximum Gasteiger partial charge on any atom is 0.260 e. The highest BCUT2D eigenvalue weighted by atomic mass is 79.9. The molecule has 10 heteroatoms. The Hall–Kier alpha value is -2.81. The van der Waals surface area contributed by atoms with Crippen LogP contribution in [0.2, 0.25) is 10.0 Å². The smallest absolute Gasteiger partial charge is 0.260 e. The lowest BCUT2D eigenvalue weighted by Crippen LogP contribution is -2.51. The molecule has 0 bridgehead atoms. The van der Waals surface area contributed by atoms with Crippen molar-refractivity contribution in [3.63, 3.8) is 0 Å². The van der Waals surface area contributed by atoms with Gasteiger partial charge in [0.1, 0.15) is 5.75 Å². The molecule has 0 saturated carbocycles. The monoisotopic (exact) mass is 604 g/mol. The molecule has 1 aliphatic heterocycles. The van der Waals surface area contributed by atoms with Crippen molar-refractivity contribution in [2.75, 3.05) is 32.8 Å². The Kier molecular flexibility index (Phi) is 8.95. The van der Waals surface area contributed by atoms with Crippen LogP contribution in [0.4, 0.5) is 0 Å². The van der Waals surface area contributed by atoms with Crippen molar-refractivity contribution in [3.05, 3.63) is 85.6 Å². The van der Waals surface area contributed by atoms with Crippen molar-refractivity contribution in [2.45, 2.75) is 20.4 Å². The molecular formula is C27H27BrCl2N4O3. The first-order valence-corrected chi connectivity index (χ1v) is 13.4. The van der Waals surface area contributed by atoms with Crippen LogP contribution < -0.4 is 4.74 Å². The van der Waals surface area contributed by atoms with Crippen molar-refractivity contribution < 1.29 is 14.3 Å². The lowest BCUT2D eigenvalue weighted by molar-refractivity contribution is -0.138. The highest BCUT2D eigenvalue weighted by molar-refractivity contribution is 9.10. The van der Waals surface area contributed by atoms with E-state index in [1.54, 1.807) is 46.2 Å². The van der Waals surface area contributed by atoms with Gasteiger partial charge in [0.25, 0.3) is 5.91 Å². The summed E-state index contributed by atoms with van der Waals surface area (Å²) < 4.78 is 8.37. The summed E-state index contributed by atoms with van der Waals surface area (Å²) in [4.78, 5) is 28.8. The zero-order valence-corrected chi connectivity index (χ0v) is 23.7. The standard InChI is InChI=1S/C27H27BrCl2N4O3/c1-18-22(19(2)34(31-18)16-23-24(29)4-3-5-25(23)30)10-11-26(35)32-12-14-33(15-13-32)27(36)17-37-21-8-6-20(28)7-9-21/h3-11H,12-17H2,1-2H3/b11-10+. The van der Waals surface area contributed by atoms with E-state index < -0.39 is 0 Å². The van der Waals surface area contributed by atoms with Crippen molar-refractivity contribution in [1.29, 1.82) is 0 Å². The maximum absolute atomic E-state index is 12.8. The Morgan fingerprint density at radius 2 is 1.62 bits per heavy atom. The van der Waals surface area contributed by atoms with Gasteiger partial charge in [0.15, 0.2) is 6.61 Å². The fourth-order valence-electron chi connectivity index (χ4n) is 4.14. The van der Waals surface area contributed by atoms with E-state index in [0.717, 1.165) is 27.0 Å². The summed E-state index contributed by atoms with van der Waals surface area (Å²) >= 11 is 16.0. The second-order valence-electron chi connectivity index (χ2n) is 8.72. The quantitative estimate of drug-likeness (QED) is 0.339. The number of aromatic nitrogens is 2. The van der Waals surface area contributed by atoms with Crippen LogP contribution in [0.5, 0.6) is 5.75 Å². The number of hydrogen-bond acceptors (Lipinski definition) is 4. The molecule has 0 radical (unpaired) electrons. The van der Waals surface area contributed by atoms with E-state index in [1.165, 1.54) is 0 Å². The van der Waals surface area contributed by atoms with E-state index in [4.69, 9.17) is 27.9 Å². The topological polar surface area (TPSA) is 67.7 Å². The van der Waals surface area contributed by atoms with E-state index in [2.05, 4.69) is 21.0 Å². The molecule has 1 aromatic heterocycles. The predicted octanol–water partition coefficient (Wildman–Crippen LogP) is 5.38. The van der Waals surface area contributed by atoms with Gasteiger partial charge in [-0.3, -0.25) is 14.3 Å². The summed E-state index contributed by atoms with van der Waals surface area (Å²) in [5.74, 6) is 0.445. The van der Waals surface area contributed by atoms with E-state index in [-0.39, 0.29) is 18.4 Å². The molecule has 0 aliphatic carbocycles. The summed E-state index contributed by atoms with van der Waals surface area (Å²) in [5.41, 5.74) is 3.41. The van der Waals surface area contributed by atoms with Crippen molar-refractivity contribution >= 4 is 57.0 Å². The van der Waals surface area contributed by atoms with Crippen LogP contribution in [0.3, 0.4) is 0 Å². The minimum atomic E-state index is -0.0982. The van der Waals surface area contributed by atoms with Gasteiger partial charge in [-0.15, -0.1) is 0 Å². The molecule has 0 unspecified atom stereocenters. The van der Waals surface area contributed by atoms with Crippen molar-refractivity contribution in [1.82, 2.24) is 19.6 Å². The predicted molar refractivity (Wildman–Crippen MR) is 149 cm³/mol. The summed E-state index contributed by atoms with van der Waals surface area (Å²) in [7, 11) is 0. The third kappa shape index (κ3) is 6.74. The first kappa shape index (κ1) is 27.2. The highest BCUT2D eigenvalue weighted by Crippen LogP contribution is 2.26. The van der Waals surface area contributed by atoms with Gasteiger partial charge in [-0.1, -0.05) is 45.2 Å². The zero-order valence-electron chi connectivity index (χ0n) is 20.6. The molecule has 0 N–H and O–H groups in total. The molecule has 1 fully saturated rings. The summed E-state index contributed by atoms with van der Waals surface area (Å²) in [6, 6.07) is 12.7. The molecule has 0 atom stereocenters. The average Bonchev–Trinajstić information content (AvgIpc) is 3.16. The van der Waals surface area contributed by atoms with E-state index in [1.807, 2.05) is 36.7 Å². The lowest BCUT2D eigenvalue weighted by atomic mass is 10.1. The first-order valence-electron chi connectivity index (χ1n) is 11.8. The largest absolute Gasteiger partial charge is 0.484 e. The van der Waals surface area contributed by atoms with Crippen molar-refractivity contribution in [2.24, 2.45) is 0 Å². The molecule has 4 rings (SSSR count). The number of benzene rings is 2. The van der Waals surface area contributed by atoms with Crippen LogP contribution in [0.1, 0.15) is 22.5 Å². The fraction of sp³-hybridized carbons (Fsp3) is 0.296. The molecule has 194 valence electrons. The Bertz CT molecular complexity index is 1300. The van der Waals surface area contributed by atoms with E-state index in [0.29, 0.717) is 48.5 Å². The minimum Gasteiger partial charge on any atom is -0.484 e. The Morgan fingerprint density at radius 1 is 1.00 bits per heavy atom. The molecule has 2 amide bonds. The Labute approximate surface area is 234 Å². The molecule has 1 saturated heterocycles. The Balaban J connectivity index is 1.31. The minimum absolute atomic E-state index is 0.0303. The third-order valence-corrected chi connectivity index (χ3v) is 7.56. The maximum atomic E-state index is 12.8. The van der Waals surface area contributed by atoms with Crippen LogP contribution in [-0.4, -0.2) is 64.2 Å². The van der Waals surface area contributed by atoms with Gasteiger partial charge in [-0.25, -0.2) is 0 Å². The van der Waals surface area contributed by atoms with Crippen molar-refractivity contribution in [3.8, 4) is 5.75 Å². The first-order chi connectivity index (χ1) is 17.7. The number of rotatable bonds is 7. The Morgan fingerprint density at radius 3 is 2.27 bits per heavy atom. The molecular weight excluding hydrogens is 579 g/mol. The van der Waals surface area contributed by atoms with Crippen LogP contribution >= 0.6 is 39.1 Å². The number of amides is 2. The van der Waals surface area contributed by atoms with Crippen LogP contribution in [0.25, 0.3) is 6.08 Å². The lowest BCUT2D eigenvalue weighted by Gasteiger charge is -2.34. The number of nitrogens with zero attached hydrogens (tertiary/aromatic N) is 4. The van der Waals surface area contributed by atoms with Gasteiger partial charge in [0, 0.05) is 63.6 Å². The van der Waals surface area contributed by atoms with Gasteiger partial charge >= 0.3 is 0 Å². The average molecular weight is 606 g/mol. The van der Waals surface area contributed by atoms with E-state index in [9.17, 15) is 9.59 Å². The highest BCUT2D eigenvalue weighted by Gasteiger charge is 2.23. The molecule has 2 aromatic carbocycles. The number of carbonyl (C=O) groups is 2. The van der Waals surface area contributed by atoms with E-state index >= 15 is 0 Å². The number of halogens is 3. The molecule has 0 spiro atoms. The number of ether oxygens (including phenoxy) is 1. The second kappa shape index (κ2) is 12.2. The summed E-state index contributed by atoms with van der Waals surface area (Å²) in [5, 5.41) is 5.79. The number of piperazine rings is 1. The second-order valence-corrected chi connectivity index (χ2v) is 10.5. The molecule has 7 nitrogen and oxygen atoms in total. The number of carbonyl (C=O) groups excluding carboxylic acids is 2. The summed E-state index contributed by atoms with van der Waals surface area (Å²) in [6.07, 6.45) is 3.37. The molecule has 2 heterocycles. The van der Waals surface area contributed by atoms with Crippen LogP contribution in [0, 0.1) is 13.8 Å². The van der Waals surface area contributed by atoms with Gasteiger partial charge in [-0.05, 0) is 56.3 Å². The molecule has 37 heavy (non-hydrogen) atoms. The molecule has 1 aliphatic rings. The third-order valence-electron chi connectivity index (χ3n) is 6.32. The SMILES string of the molecule is Cc1nn(Cc2c(Cl)cccc2Cl)c(C)c1/C=C/C(=O)N1CCN(C(=O)COc2ccc(Br)cc2)CC1. The number of aryl methyl sites for hydroxylation is 1. The normalized spacial score (nSPS) is 13.9. The van der Waals surface area contributed by atoms with Crippen LogP contribution in [-0.2, 0) is 16.1 Å².